The van der Waals surface area contributed by atoms with Crippen LogP contribution < -0.4 is 10.6 Å². The third-order valence-electron chi connectivity index (χ3n) is 5.07. The molecule has 0 heterocycles. The Morgan fingerprint density at radius 1 is 0.750 bits per heavy atom. The summed E-state index contributed by atoms with van der Waals surface area (Å²) < 4.78 is 0. The Hall–Kier alpha value is -2.62. The van der Waals surface area contributed by atoms with Gasteiger partial charge in [0.15, 0.2) is 0 Å². The van der Waals surface area contributed by atoms with Gasteiger partial charge in [-0.15, -0.1) is 0 Å². The highest BCUT2D eigenvalue weighted by Gasteiger charge is 2.32. The van der Waals surface area contributed by atoms with E-state index in [1.54, 1.807) is 0 Å². The first kappa shape index (κ1) is 14.9. The van der Waals surface area contributed by atoms with Crippen LogP contribution in [0.2, 0.25) is 0 Å². The summed E-state index contributed by atoms with van der Waals surface area (Å²) in [7, 11) is 0. The van der Waals surface area contributed by atoms with Crippen LogP contribution in [0, 0.1) is 0 Å². The molecule has 2 atom stereocenters. The van der Waals surface area contributed by atoms with Crippen molar-refractivity contribution in [2.24, 2.45) is 0 Å². The monoisotopic (exact) mass is 320 g/mol. The lowest BCUT2D eigenvalue weighted by atomic mass is 9.77. The Bertz CT molecular complexity index is 732. The maximum atomic E-state index is 12.2. The number of benzene rings is 2. The highest BCUT2D eigenvalue weighted by Crippen LogP contribution is 2.35. The van der Waals surface area contributed by atoms with Crippen molar-refractivity contribution in [2.75, 3.05) is 13.1 Å². The minimum Gasteiger partial charge on any atom is -0.354 e. The molecule has 2 aromatic carbocycles. The van der Waals surface area contributed by atoms with Crippen LogP contribution in [-0.2, 0) is 22.4 Å². The largest absolute Gasteiger partial charge is 0.354 e. The van der Waals surface area contributed by atoms with Gasteiger partial charge in [0.1, 0.15) is 0 Å². The smallest absolute Gasteiger partial charge is 0.227 e. The lowest BCUT2D eigenvalue weighted by molar-refractivity contribution is -0.124. The molecule has 0 radical (unpaired) electrons. The molecule has 24 heavy (non-hydrogen) atoms. The lowest BCUT2D eigenvalue weighted by Gasteiger charge is -2.29. The molecule has 0 aliphatic heterocycles. The molecule has 0 saturated carbocycles. The van der Waals surface area contributed by atoms with Crippen molar-refractivity contribution < 1.29 is 9.59 Å². The van der Waals surface area contributed by atoms with Gasteiger partial charge in [0, 0.05) is 13.1 Å². The van der Waals surface area contributed by atoms with E-state index in [0.29, 0.717) is 13.1 Å². The summed E-state index contributed by atoms with van der Waals surface area (Å²) in [6, 6.07) is 16.1. The van der Waals surface area contributed by atoms with Crippen molar-refractivity contribution in [2.45, 2.75) is 24.7 Å². The lowest BCUT2D eigenvalue weighted by Crippen LogP contribution is -2.42. The van der Waals surface area contributed by atoms with Crippen molar-refractivity contribution in [1.82, 2.24) is 10.6 Å². The Kier molecular flexibility index (Phi) is 3.81. The van der Waals surface area contributed by atoms with Gasteiger partial charge in [0.25, 0.3) is 0 Å². The topological polar surface area (TPSA) is 58.2 Å². The average Bonchev–Trinajstić information content (AvgIpc) is 2.54. The summed E-state index contributed by atoms with van der Waals surface area (Å²) in [6.45, 7) is 0.940. The van der Waals surface area contributed by atoms with E-state index in [0.717, 1.165) is 24.0 Å². The van der Waals surface area contributed by atoms with Gasteiger partial charge >= 0.3 is 0 Å². The number of amides is 2. The van der Waals surface area contributed by atoms with Crippen molar-refractivity contribution in [3.8, 4) is 0 Å². The van der Waals surface area contributed by atoms with Crippen LogP contribution in [0.3, 0.4) is 0 Å². The molecule has 2 amide bonds. The molecule has 2 aliphatic rings. The molecule has 4 heteroatoms. The van der Waals surface area contributed by atoms with E-state index in [-0.39, 0.29) is 23.7 Å². The molecule has 2 N–H and O–H groups in total. The molecule has 0 aromatic heterocycles. The summed E-state index contributed by atoms with van der Waals surface area (Å²) in [4.78, 5) is 24.3. The summed E-state index contributed by atoms with van der Waals surface area (Å²) in [5.74, 6) is 0.0414. The van der Waals surface area contributed by atoms with Crippen molar-refractivity contribution >= 4 is 11.8 Å². The maximum absolute atomic E-state index is 12.2. The van der Waals surface area contributed by atoms with Crippen LogP contribution in [-0.4, -0.2) is 24.9 Å². The van der Waals surface area contributed by atoms with Crippen LogP contribution in [0.5, 0.6) is 0 Å². The average molecular weight is 320 g/mol. The summed E-state index contributed by atoms with van der Waals surface area (Å²) in [6.07, 6.45) is 1.63. The van der Waals surface area contributed by atoms with E-state index in [1.165, 1.54) is 11.1 Å². The molecule has 2 unspecified atom stereocenters. The molecule has 0 bridgehead atoms. The molecule has 4 rings (SSSR count). The van der Waals surface area contributed by atoms with E-state index in [1.807, 2.05) is 36.4 Å². The SMILES string of the molecule is O=C(NCCNC(=O)C1Cc2ccccc21)C1Cc2ccccc21. The third-order valence-corrected chi connectivity index (χ3v) is 5.07. The van der Waals surface area contributed by atoms with Gasteiger partial charge in [-0.1, -0.05) is 48.5 Å². The van der Waals surface area contributed by atoms with Crippen molar-refractivity contribution in [3.05, 3.63) is 70.8 Å². The van der Waals surface area contributed by atoms with Crippen molar-refractivity contribution in [1.29, 1.82) is 0 Å². The number of rotatable bonds is 5. The van der Waals surface area contributed by atoms with E-state index >= 15 is 0 Å². The van der Waals surface area contributed by atoms with Gasteiger partial charge in [-0.3, -0.25) is 9.59 Å². The van der Waals surface area contributed by atoms with Crippen LogP contribution in [0.25, 0.3) is 0 Å². The van der Waals surface area contributed by atoms with Gasteiger partial charge in [-0.2, -0.15) is 0 Å². The molecule has 2 aromatic rings. The van der Waals surface area contributed by atoms with Gasteiger partial charge < -0.3 is 10.6 Å². The summed E-state index contributed by atoms with van der Waals surface area (Å²) in [5.41, 5.74) is 4.78. The Balaban J connectivity index is 1.21. The number of hydrogen-bond donors (Lipinski definition) is 2. The zero-order valence-electron chi connectivity index (χ0n) is 13.4. The Labute approximate surface area is 141 Å². The first-order valence-electron chi connectivity index (χ1n) is 8.45. The quantitative estimate of drug-likeness (QED) is 0.827. The summed E-state index contributed by atoms with van der Waals surface area (Å²) >= 11 is 0. The van der Waals surface area contributed by atoms with Crippen LogP contribution in [0.4, 0.5) is 0 Å². The minimum atomic E-state index is -0.0320. The fourth-order valence-electron chi connectivity index (χ4n) is 3.60. The fourth-order valence-corrected chi connectivity index (χ4v) is 3.60. The second-order valence-corrected chi connectivity index (χ2v) is 6.49. The van der Waals surface area contributed by atoms with Gasteiger partial charge in [-0.25, -0.2) is 0 Å². The van der Waals surface area contributed by atoms with E-state index in [9.17, 15) is 9.59 Å². The zero-order valence-corrected chi connectivity index (χ0v) is 13.4. The Morgan fingerprint density at radius 2 is 1.17 bits per heavy atom. The molecule has 0 saturated heterocycles. The molecule has 4 nitrogen and oxygen atoms in total. The third kappa shape index (κ3) is 2.58. The molecular weight excluding hydrogens is 300 g/mol. The molecule has 0 fully saturated rings. The standard InChI is InChI=1S/C20H20N2O2/c23-19(17-11-13-5-1-3-7-15(13)17)21-9-10-22-20(24)18-12-14-6-2-4-8-16(14)18/h1-8,17-18H,9-12H2,(H,21,23)(H,22,24). The van der Waals surface area contributed by atoms with E-state index in [2.05, 4.69) is 22.8 Å². The van der Waals surface area contributed by atoms with E-state index in [4.69, 9.17) is 0 Å². The normalized spacial score (nSPS) is 20.0. The van der Waals surface area contributed by atoms with Crippen molar-refractivity contribution in [3.63, 3.8) is 0 Å². The fraction of sp³-hybridized carbons (Fsp3) is 0.300. The highest BCUT2D eigenvalue weighted by molar-refractivity contribution is 5.88. The van der Waals surface area contributed by atoms with Gasteiger partial charge in [-0.05, 0) is 35.1 Å². The minimum absolute atomic E-state index is 0.0320. The first-order valence-corrected chi connectivity index (χ1v) is 8.45. The number of hydrogen-bond acceptors (Lipinski definition) is 2. The van der Waals surface area contributed by atoms with Gasteiger partial charge in [0.05, 0.1) is 11.8 Å². The predicted molar refractivity (Wildman–Crippen MR) is 91.8 cm³/mol. The zero-order chi connectivity index (χ0) is 16.5. The Morgan fingerprint density at radius 3 is 1.58 bits per heavy atom. The number of nitrogens with one attached hydrogen (secondary N) is 2. The highest BCUT2D eigenvalue weighted by atomic mass is 16.2. The van der Waals surface area contributed by atoms with E-state index < -0.39 is 0 Å². The van der Waals surface area contributed by atoms with Crippen LogP contribution in [0.1, 0.15) is 34.1 Å². The second kappa shape index (κ2) is 6.11. The molecule has 122 valence electrons. The second-order valence-electron chi connectivity index (χ2n) is 6.49. The number of carbonyl (C=O) groups excluding carboxylic acids is 2. The predicted octanol–water partition coefficient (Wildman–Crippen LogP) is 1.90. The molecule has 2 aliphatic carbocycles. The number of carbonyl (C=O) groups is 2. The first-order chi connectivity index (χ1) is 11.7. The van der Waals surface area contributed by atoms with Gasteiger partial charge in [0.2, 0.25) is 11.8 Å². The number of fused-ring (bicyclic) bond motifs is 2. The van der Waals surface area contributed by atoms with Crippen LogP contribution in [0.15, 0.2) is 48.5 Å². The summed E-state index contributed by atoms with van der Waals surface area (Å²) in [5, 5.41) is 5.84. The van der Waals surface area contributed by atoms with Crippen LogP contribution >= 0.6 is 0 Å². The molecular formula is C20H20N2O2. The molecule has 0 spiro atoms. The maximum Gasteiger partial charge on any atom is 0.227 e.